The largest absolute Gasteiger partial charge is 0.397 e. The highest BCUT2D eigenvalue weighted by Gasteiger charge is 2.03. The van der Waals surface area contributed by atoms with Gasteiger partial charge in [-0.3, -0.25) is 4.79 Å². The zero-order valence-electron chi connectivity index (χ0n) is 9.92. The van der Waals surface area contributed by atoms with Gasteiger partial charge in [-0.25, -0.2) is 4.68 Å². The molecule has 0 radical (unpaired) electrons. The number of benzene rings is 1. The first-order valence-electron chi connectivity index (χ1n) is 5.42. The molecule has 0 unspecified atom stereocenters. The van der Waals surface area contributed by atoms with Crippen LogP contribution in [-0.4, -0.2) is 9.78 Å². The normalized spacial score (nSPS) is 10.0. The highest BCUT2D eigenvalue weighted by Crippen LogP contribution is 2.11. The second kappa shape index (κ2) is 4.72. The molecular weight excluding hydrogens is 228 g/mol. The lowest BCUT2D eigenvalue weighted by Crippen LogP contribution is -2.23. The van der Waals surface area contributed by atoms with Gasteiger partial charge in [-0.15, -0.1) is 0 Å². The van der Waals surface area contributed by atoms with Crippen molar-refractivity contribution in [2.24, 2.45) is 0 Å². The molecule has 0 saturated carbocycles. The van der Waals surface area contributed by atoms with Crippen LogP contribution < -0.4 is 11.3 Å². The molecule has 1 aromatic carbocycles. The molecule has 2 aromatic rings. The number of nitrogen functional groups attached to an aromatic ring is 1. The first-order valence-corrected chi connectivity index (χ1v) is 5.42. The predicted octanol–water partition coefficient (Wildman–Crippen LogP) is 1.05. The van der Waals surface area contributed by atoms with E-state index in [2.05, 4.69) is 11.2 Å². The topological polar surface area (TPSA) is 84.7 Å². The summed E-state index contributed by atoms with van der Waals surface area (Å²) in [6.07, 6.45) is 1.44. The molecule has 5 heteroatoms. The molecule has 90 valence electrons. The molecule has 2 N–H and O–H groups in total. The summed E-state index contributed by atoms with van der Waals surface area (Å²) in [6.45, 7) is 2.27. The molecule has 0 bridgehead atoms. The molecule has 1 heterocycles. The van der Waals surface area contributed by atoms with Gasteiger partial charge in [0.1, 0.15) is 0 Å². The van der Waals surface area contributed by atoms with Crippen LogP contribution >= 0.6 is 0 Å². The summed E-state index contributed by atoms with van der Waals surface area (Å²) < 4.78 is 1.34. The van der Waals surface area contributed by atoms with Gasteiger partial charge in [0.15, 0.2) is 0 Å². The van der Waals surface area contributed by atoms with Gasteiger partial charge in [-0.2, -0.15) is 10.4 Å². The van der Waals surface area contributed by atoms with E-state index in [9.17, 15) is 4.79 Å². The van der Waals surface area contributed by atoms with Crippen molar-refractivity contribution in [2.75, 3.05) is 5.73 Å². The quantitative estimate of drug-likeness (QED) is 0.850. The van der Waals surface area contributed by atoms with Crippen LogP contribution in [0.2, 0.25) is 0 Å². The molecule has 0 atom stereocenters. The Morgan fingerprint density at radius 1 is 1.44 bits per heavy atom. The van der Waals surface area contributed by atoms with Crippen LogP contribution in [0.3, 0.4) is 0 Å². The Morgan fingerprint density at radius 3 is 2.83 bits per heavy atom. The summed E-state index contributed by atoms with van der Waals surface area (Å²) >= 11 is 0. The highest BCUT2D eigenvalue weighted by atomic mass is 16.1. The first kappa shape index (κ1) is 11.9. The minimum Gasteiger partial charge on any atom is -0.397 e. The second-order valence-electron chi connectivity index (χ2n) is 4.04. The summed E-state index contributed by atoms with van der Waals surface area (Å²) in [5, 5.41) is 12.8. The lowest BCUT2D eigenvalue weighted by atomic mass is 10.1. The van der Waals surface area contributed by atoms with Gasteiger partial charge in [0, 0.05) is 6.07 Å². The zero-order chi connectivity index (χ0) is 13.1. The Hall–Kier alpha value is -2.61. The Bertz CT molecular complexity index is 682. The maximum Gasteiger partial charge on any atom is 0.269 e. The number of nitrogens with zero attached hydrogens (tertiary/aromatic N) is 3. The molecule has 2 rings (SSSR count). The summed E-state index contributed by atoms with van der Waals surface area (Å²) in [5.41, 5.74) is 8.11. The van der Waals surface area contributed by atoms with E-state index in [1.165, 1.54) is 16.9 Å². The summed E-state index contributed by atoms with van der Waals surface area (Å²) in [7, 11) is 0. The predicted molar refractivity (Wildman–Crippen MR) is 67.9 cm³/mol. The minimum atomic E-state index is -0.237. The van der Waals surface area contributed by atoms with E-state index in [-0.39, 0.29) is 5.56 Å². The molecule has 0 spiro atoms. The first-order chi connectivity index (χ1) is 8.60. The van der Waals surface area contributed by atoms with Crippen LogP contribution in [0.25, 0.3) is 0 Å². The van der Waals surface area contributed by atoms with E-state index in [0.29, 0.717) is 17.8 Å². The van der Waals surface area contributed by atoms with Crippen LogP contribution in [0.15, 0.2) is 35.3 Å². The molecule has 0 saturated heterocycles. The maximum absolute atomic E-state index is 11.6. The van der Waals surface area contributed by atoms with Gasteiger partial charge >= 0.3 is 0 Å². The van der Waals surface area contributed by atoms with Gasteiger partial charge in [0.2, 0.25) is 0 Å². The van der Waals surface area contributed by atoms with Crippen molar-refractivity contribution in [3.63, 3.8) is 0 Å². The Balaban J connectivity index is 2.35. The third-order valence-corrected chi connectivity index (χ3v) is 2.68. The average molecular weight is 240 g/mol. The highest BCUT2D eigenvalue weighted by molar-refractivity contribution is 5.37. The lowest BCUT2D eigenvalue weighted by molar-refractivity contribution is 0.638. The average Bonchev–Trinajstić information content (AvgIpc) is 2.34. The van der Waals surface area contributed by atoms with Crippen molar-refractivity contribution in [2.45, 2.75) is 13.5 Å². The van der Waals surface area contributed by atoms with Gasteiger partial charge in [0.05, 0.1) is 30.1 Å². The number of nitrogens with two attached hydrogens (primary N) is 1. The summed E-state index contributed by atoms with van der Waals surface area (Å²) in [6, 6.07) is 8.76. The number of nitriles is 1. The van der Waals surface area contributed by atoms with E-state index in [4.69, 9.17) is 11.0 Å². The minimum absolute atomic E-state index is 0.237. The van der Waals surface area contributed by atoms with Crippen LogP contribution in [0.5, 0.6) is 0 Å². The monoisotopic (exact) mass is 240 g/mol. The maximum atomic E-state index is 11.6. The number of aromatic nitrogens is 2. The van der Waals surface area contributed by atoms with Crippen molar-refractivity contribution in [3.8, 4) is 6.07 Å². The molecule has 0 amide bonds. The van der Waals surface area contributed by atoms with Crippen LogP contribution in [0.1, 0.15) is 16.7 Å². The van der Waals surface area contributed by atoms with E-state index in [1.807, 2.05) is 13.0 Å². The molecule has 0 aliphatic heterocycles. The fraction of sp³-hybridized carbons (Fsp3) is 0.154. The van der Waals surface area contributed by atoms with Gasteiger partial charge in [0.25, 0.3) is 5.56 Å². The van der Waals surface area contributed by atoms with Crippen molar-refractivity contribution >= 4 is 5.69 Å². The second-order valence-corrected chi connectivity index (χ2v) is 4.04. The molecule has 5 nitrogen and oxygen atoms in total. The van der Waals surface area contributed by atoms with Crippen molar-refractivity contribution < 1.29 is 0 Å². The Kier molecular flexibility index (Phi) is 3.11. The molecular formula is C13H12N4O. The number of aryl methyl sites for hydroxylation is 1. The molecule has 0 fully saturated rings. The van der Waals surface area contributed by atoms with Gasteiger partial charge in [-0.05, 0) is 30.2 Å². The number of rotatable bonds is 2. The van der Waals surface area contributed by atoms with E-state index in [0.717, 1.165) is 11.1 Å². The van der Waals surface area contributed by atoms with Crippen molar-refractivity contribution in [1.82, 2.24) is 9.78 Å². The smallest absolute Gasteiger partial charge is 0.269 e. The van der Waals surface area contributed by atoms with Crippen LogP contribution in [0.4, 0.5) is 5.69 Å². The summed E-state index contributed by atoms with van der Waals surface area (Å²) in [4.78, 5) is 11.6. The van der Waals surface area contributed by atoms with Crippen molar-refractivity contribution in [3.05, 3.63) is 57.5 Å². The van der Waals surface area contributed by atoms with E-state index < -0.39 is 0 Å². The fourth-order valence-corrected chi connectivity index (χ4v) is 1.67. The van der Waals surface area contributed by atoms with Gasteiger partial charge < -0.3 is 5.73 Å². The zero-order valence-corrected chi connectivity index (χ0v) is 9.92. The van der Waals surface area contributed by atoms with Gasteiger partial charge in [-0.1, -0.05) is 6.07 Å². The number of hydrogen-bond acceptors (Lipinski definition) is 4. The van der Waals surface area contributed by atoms with Crippen LogP contribution in [-0.2, 0) is 6.54 Å². The van der Waals surface area contributed by atoms with Crippen LogP contribution in [0, 0.1) is 18.3 Å². The van der Waals surface area contributed by atoms with Crippen molar-refractivity contribution in [1.29, 1.82) is 5.26 Å². The fourth-order valence-electron chi connectivity index (χ4n) is 1.67. The molecule has 0 aliphatic rings. The molecule has 18 heavy (non-hydrogen) atoms. The number of anilines is 1. The Morgan fingerprint density at radius 2 is 2.22 bits per heavy atom. The van der Waals surface area contributed by atoms with E-state index in [1.54, 1.807) is 12.1 Å². The third kappa shape index (κ3) is 2.38. The SMILES string of the molecule is Cc1cc(C#N)ccc1Cn1ncc(N)cc1=O. The lowest BCUT2D eigenvalue weighted by Gasteiger charge is -2.07. The van der Waals surface area contributed by atoms with E-state index >= 15 is 0 Å². The Labute approximate surface area is 104 Å². The number of hydrogen-bond donors (Lipinski definition) is 1. The summed E-state index contributed by atoms with van der Waals surface area (Å²) in [5.74, 6) is 0. The molecule has 1 aromatic heterocycles. The third-order valence-electron chi connectivity index (χ3n) is 2.68. The molecule has 0 aliphatic carbocycles. The standard InChI is InChI=1S/C13H12N4O/c1-9-4-10(6-14)2-3-11(9)8-17-13(18)5-12(15)7-16-17/h2-5,7H,8,15H2,1H3.